The van der Waals surface area contributed by atoms with E-state index in [4.69, 9.17) is 9.82 Å². The molecule has 0 bridgehead atoms. The molecule has 6 nitrogen and oxygen atoms in total. The maximum Gasteiger partial charge on any atom is 0.234 e. The van der Waals surface area contributed by atoms with Crippen LogP contribution in [0.15, 0.2) is 72.4 Å². The largest absolute Gasteiger partial charge is 0.329 e. The summed E-state index contributed by atoms with van der Waals surface area (Å²) in [5.41, 5.74) is 3.54. The number of amides is 1. The molecule has 0 aliphatic carbocycles. The lowest BCUT2D eigenvalue weighted by Crippen LogP contribution is -2.38. The normalized spacial score (nSPS) is 12.5. The van der Waals surface area contributed by atoms with Gasteiger partial charge in [-0.05, 0) is 44.4 Å². The van der Waals surface area contributed by atoms with E-state index < -0.39 is 11.6 Å². The van der Waals surface area contributed by atoms with Crippen LogP contribution in [0.4, 0.5) is 0 Å². The molecular formula is C26H28N4O2S. The SMILES string of the molecule is Cn1c(-c2ccccc2-c2cccs2)cnc1[C@H](Cc1ccccn1)N(C=O)OC(C)(C)C. The van der Waals surface area contributed by atoms with Crippen molar-refractivity contribution in [1.29, 1.82) is 0 Å². The Bertz CT molecular complexity index is 1200. The molecule has 1 aromatic carbocycles. The zero-order valence-electron chi connectivity index (χ0n) is 19.3. The molecule has 0 saturated heterocycles. The van der Waals surface area contributed by atoms with Crippen molar-refractivity contribution >= 4 is 17.7 Å². The monoisotopic (exact) mass is 460 g/mol. The molecule has 0 fully saturated rings. The summed E-state index contributed by atoms with van der Waals surface area (Å²) < 4.78 is 2.04. The van der Waals surface area contributed by atoms with Crippen LogP contribution in [0.2, 0.25) is 0 Å². The number of hydroxylamine groups is 2. The second kappa shape index (κ2) is 9.68. The zero-order valence-corrected chi connectivity index (χ0v) is 20.1. The fourth-order valence-corrected chi connectivity index (χ4v) is 4.59. The minimum atomic E-state index is -0.539. The quantitative estimate of drug-likeness (QED) is 0.251. The molecule has 0 saturated carbocycles. The molecule has 4 aromatic rings. The number of thiophene rings is 1. The lowest BCUT2D eigenvalue weighted by atomic mass is 10.0. The minimum Gasteiger partial charge on any atom is -0.329 e. The number of nitrogens with zero attached hydrogens (tertiary/aromatic N) is 4. The molecule has 0 spiro atoms. The summed E-state index contributed by atoms with van der Waals surface area (Å²) in [6.07, 6.45) is 4.83. The van der Waals surface area contributed by atoms with Crippen LogP contribution >= 0.6 is 11.3 Å². The van der Waals surface area contributed by atoms with E-state index in [1.54, 1.807) is 17.5 Å². The predicted octanol–water partition coefficient (Wildman–Crippen LogP) is 5.68. The van der Waals surface area contributed by atoms with Crippen molar-refractivity contribution in [1.82, 2.24) is 19.6 Å². The Kier molecular flexibility index (Phi) is 6.72. The first-order valence-electron chi connectivity index (χ1n) is 10.8. The number of hydrogen-bond donors (Lipinski definition) is 0. The van der Waals surface area contributed by atoms with Gasteiger partial charge in [-0.2, -0.15) is 0 Å². The van der Waals surface area contributed by atoms with Gasteiger partial charge in [-0.1, -0.05) is 36.4 Å². The molecule has 7 heteroatoms. The Hall–Kier alpha value is -3.29. The second-order valence-electron chi connectivity index (χ2n) is 8.79. The highest BCUT2D eigenvalue weighted by molar-refractivity contribution is 7.13. The van der Waals surface area contributed by atoms with Crippen molar-refractivity contribution in [2.24, 2.45) is 7.05 Å². The Balaban J connectivity index is 1.78. The van der Waals surface area contributed by atoms with Gasteiger partial charge in [0, 0.05) is 41.4 Å². The van der Waals surface area contributed by atoms with Crippen molar-refractivity contribution in [3.63, 3.8) is 0 Å². The van der Waals surface area contributed by atoms with Crippen molar-refractivity contribution in [2.45, 2.75) is 38.8 Å². The molecule has 0 unspecified atom stereocenters. The number of hydrogen-bond acceptors (Lipinski definition) is 5. The van der Waals surface area contributed by atoms with E-state index in [-0.39, 0.29) is 0 Å². The molecular weight excluding hydrogens is 432 g/mol. The summed E-state index contributed by atoms with van der Waals surface area (Å²) in [5.74, 6) is 0.730. The highest BCUT2D eigenvalue weighted by atomic mass is 32.1. The first-order valence-corrected chi connectivity index (χ1v) is 11.7. The van der Waals surface area contributed by atoms with Crippen molar-refractivity contribution in [3.8, 4) is 21.7 Å². The highest BCUT2D eigenvalue weighted by Gasteiger charge is 2.30. The van der Waals surface area contributed by atoms with E-state index in [2.05, 4.69) is 34.6 Å². The molecule has 0 aliphatic heterocycles. The van der Waals surface area contributed by atoms with Gasteiger partial charge in [0.2, 0.25) is 6.41 Å². The Morgan fingerprint density at radius 1 is 1.06 bits per heavy atom. The van der Waals surface area contributed by atoms with Gasteiger partial charge in [-0.15, -0.1) is 11.3 Å². The summed E-state index contributed by atoms with van der Waals surface area (Å²) in [7, 11) is 1.98. The van der Waals surface area contributed by atoms with Crippen molar-refractivity contribution in [3.05, 3.63) is 83.9 Å². The van der Waals surface area contributed by atoms with Gasteiger partial charge in [0.25, 0.3) is 0 Å². The Labute approximate surface area is 198 Å². The molecule has 170 valence electrons. The lowest BCUT2D eigenvalue weighted by Gasteiger charge is -2.32. The summed E-state index contributed by atoms with van der Waals surface area (Å²) >= 11 is 1.71. The van der Waals surface area contributed by atoms with Crippen LogP contribution in [0.3, 0.4) is 0 Å². The number of rotatable bonds is 8. The van der Waals surface area contributed by atoms with E-state index in [1.807, 2.05) is 68.9 Å². The van der Waals surface area contributed by atoms with Crippen molar-refractivity contribution in [2.75, 3.05) is 0 Å². The highest BCUT2D eigenvalue weighted by Crippen LogP contribution is 2.36. The van der Waals surface area contributed by atoms with Gasteiger partial charge < -0.3 is 4.57 Å². The van der Waals surface area contributed by atoms with Gasteiger partial charge in [-0.3, -0.25) is 14.6 Å². The summed E-state index contributed by atoms with van der Waals surface area (Å²) in [4.78, 5) is 28.6. The van der Waals surface area contributed by atoms with Crippen LogP contribution in [0.1, 0.15) is 38.3 Å². The number of benzene rings is 1. The van der Waals surface area contributed by atoms with E-state index >= 15 is 0 Å². The number of aromatic nitrogens is 3. The number of pyridine rings is 1. The second-order valence-corrected chi connectivity index (χ2v) is 9.74. The van der Waals surface area contributed by atoms with Gasteiger partial charge in [-0.25, -0.2) is 10.0 Å². The van der Waals surface area contributed by atoms with Gasteiger partial charge in [0.1, 0.15) is 11.9 Å². The minimum absolute atomic E-state index is 0.440. The van der Waals surface area contributed by atoms with Crippen LogP contribution in [0.25, 0.3) is 21.7 Å². The molecule has 0 radical (unpaired) electrons. The Morgan fingerprint density at radius 3 is 2.45 bits per heavy atom. The third kappa shape index (κ3) is 5.21. The summed E-state index contributed by atoms with van der Waals surface area (Å²) in [6, 6.07) is 17.8. The number of carbonyl (C=O) groups excluding carboxylic acids is 1. The van der Waals surface area contributed by atoms with E-state index in [9.17, 15) is 4.79 Å². The van der Waals surface area contributed by atoms with Crippen LogP contribution in [-0.2, 0) is 23.1 Å². The molecule has 0 aliphatic rings. The third-order valence-electron chi connectivity index (χ3n) is 5.23. The van der Waals surface area contributed by atoms with E-state index in [1.165, 1.54) is 9.94 Å². The van der Waals surface area contributed by atoms with E-state index in [0.717, 1.165) is 34.7 Å². The van der Waals surface area contributed by atoms with Gasteiger partial charge in [0.15, 0.2) is 0 Å². The average Bonchev–Trinajstić information content (AvgIpc) is 3.46. The van der Waals surface area contributed by atoms with E-state index in [0.29, 0.717) is 6.42 Å². The molecule has 1 atom stereocenters. The van der Waals surface area contributed by atoms with Crippen LogP contribution in [0, 0.1) is 0 Å². The van der Waals surface area contributed by atoms with Crippen LogP contribution in [-0.4, -0.2) is 31.6 Å². The molecule has 4 rings (SSSR count). The lowest BCUT2D eigenvalue weighted by molar-refractivity contribution is -0.235. The maximum atomic E-state index is 12.1. The molecule has 1 amide bonds. The fraction of sp³-hybridized carbons (Fsp3) is 0.269. The standard InChI is InChI=1S/C26H28N4O2S/c1-26(2,3)32-30(18-31)22(16-19-10-7-8-14-27-19)25-28-17-23(29(25)4)20-11-5-6-12-21(20)24-13-9-15-33-24/h5-15,17-18,22H,16H2,1-4H3/t22-/m0/s1. The smallest absolute Gasteiger partial charge is 0.234 e. The third-order valence-corrected chi connectivity index (χ3v) is 6.13. The molecule has 3 aromatic heterocycles. The summed E-state index contributed by atoms with van der Waals surface area (Å²) in [6.45, 7) is 5.76. The topological polar surface area (TPSA) is 60.2 Å². The average molecular weight is 461 g/mol. The summed E-state index contributed by atoms with van der Waals surface area (Å²) in [5, 5.41) is 3.45. The van der Waals surface area contributed by atoms with Gasteiger partial charge >= 0.3 is 0 Å². The zero-order chi connectivity index (χ0) is 23.4. The molecule has 33 heavy (non-hydrogen) atoms. The van der Waals surface area contributed by atoms with Crippen molar-refractivity contribution < 1.29 is 9.63 Å². The predicted molar refractivity (Wildman–Crippen MR) is 131 cm³/mol. The number of carbonyl (C=O) groups is 1. The van der Waals surface area contributed by atoms with Crippen LogP contribution in [0.5, 0.6) is 0 Å². The Morgan fingerprint density at radius 2 is 1.82 bits per heavy atom. The van der Waals surface area contributed by atoms with Crippen LogP contribution < -0.4 is 0 Å². The molecule has 3 heterocycles. The maximum absolute atomic E-state index is 12.1. The number of imidazole rings is 1. The first kappa shape index (κ1) is 22.9. The fourth-order valence-electron chi connectivity index (χ4n) is 3.82. The van der Waals surface area contributed by atoms with Gasteiger partial charge in [0.05, 0.1) is 17.5 Å². The molecule has 0 N–H and O–H groups in total. The first-order chi connectivity index (χ1) is 15.9.